The number of carbonyl (C=O) groups excluding carboxylic acids is 1. The first-order valence-electron chi connectivity index (χ1n) is 7.46. The minimum atomic E-state index is -0.473. The topological polar surface area (TPSA) is 72.9 Å². The first kappa shape index (κ1) is 15.1. The molecule has 0 saturated carbocycles. The number of aryl methyl sites for hydroxylation is 1. The van der Waals surface area contributed by atoms with E-state index in [-0.39, 0.29) is 6.03 Å². The third-order valence-electron chi connectivity index (χ3n) is 4.05. The molecule has 0 radical (unpaired) electrons. The zero-order chi connectivity index (χ0) is 15.6. The molecule has 0 unspecified atom stereocenters. The average molecular weight is 307 g/mol. The lowest BCUT2D eigenvalue weighted by atomic mass is 10.0. The Morgan fingerprint density at radius 1 is 1.36 bits per heavy atom. The predicted octanol–water partition coefficient (Wildman–Crippen LogP) is 1.77. The van der Waals surface area contributed by atoms with Crippen molar-refractivity contribution in [2.45, 2.75) is 25.6 Å². The van der Waals surface area contributed by atoms with E-state index >= 15 is 0 Å². The number of methoxy groups -OCH3 is 1. The van der Waals surface area contributed by atoms with Crippen LogP contribution in [0.5, 0.6) is 5.88 Å². The Bertz CT molecular complexity index is 548. The first-order valence-corrected chi connectivity index (χ1v) is 7.46. The number of ether oxygens (including phenoxy) is 3. The molecule has 0 aromatic carbocycles. The lowest BCUT2D eigenvalue weighted by Crippen LogP contribution is -2.48. The number of nitrogens with one attached hydrogen (secondary N) is 1. The van der Waals surface area contributed by atoms with Crippen molar-refractivity contribution >= 4 is 11.7 Å². The van der Waals surface area contributed by atoms with Gasteiger partial charge in [0.1, 0.15) is 5.69 Å². The van der Waals surface area contributed by atoms with Crippen molar-refractivity contribution < 1.29 is 19.0 Å². The minimum Gasteiger partial charge on any atom is -0.480 e. The molecule has 0 bridgehead atoms. The van der Waals surface area contributed by atoms with E-state index in [4.69, 9.17) is 14.2 Å². The van der Waals surface area contributed by atoms with Gasteiger partial charge in [-0.05, 0) is 18.6 Å². The average Bonchev–Trinajstić information content (AvgIpc) is 2.96. The number of likely N-dealkylation sites (tertiary alicyclic amines) is 1. The highest BCUT2D eigenvalue weighted by Crippen LogP contribution is 2.31. The largest absolute Gasteiger partial charge is 0.480 e. The molecule has 120 valence electrons. The lowest BCUT2D eigenvalue weighted by Gasteiger charge is -2.37. The fraction of sp³-hybridized carbons (Fsp3) is 0.600. The summed E-state index contributed by atoms with van der Waals surface area (Å²) in [7, 11) is 1.53. The van der Waals surface area contributed by atoms with Crippen molar-refractivity contribution in [2.24, 2.45) is 0 Å². The van der Waals surface area contributed by atoms with Gasteiger partial charge in [0, 0.05) is 32.1 Å². The summed E-state index contributed by atoms with van der Waals surface area (Å²) in [5, 5.41) is 2.87. The number of urea groups is 1. The molecule has 7 heteroatoms. The van der Waals surface area contributed by atoms with Gasteiger partial charge in [-0.2, -0.15) is 0 Å². The molecule has 1 aromatic rings. The first-order chi connectivity index (χ1) is 10.6. The summed E-state index contributed by atoms with van der Waals surface area (Å²) >= 11 is 0. The number of hydrogen-bond acceptors (Lipinski definition) is 5. The van der Waals surface area contributed by atoms with Crippen LogP contribution in [0.25, 0.3) is 0 Å². The fourth-order valence-electron chi connectivity index (χ4n) is 2.84. The van der Waals surface area contributed by atoms with E-state index < -0.39 is 5.79 Å². The summed E-state index contributed by atoms with van der Waals surface area (Å²) in [6.45, 7) is 4.40. The van der Waals surface area contributed by atoms with E-state index in [0.717, 1.165) is 5.56 Å². The van der Waals surface area contributed by atoms with Gasteiger partial charge in [0.25, 0.3) is 0 Å². The molecule has 2 saturated heterocycles. The summed E-state index contributed by atoms with van der Waals surface area (Å²) in [5.74, 6) is -0.0609. The Balaban J connectivity index is 1.62. The highest BCUT2D eigenvalue weighted by molar-refractivity contribution is 5.90. The quantitative estimate of drug-likeness (QED) is 0.901. The van der Waals surface area contributed by atoms with E-state index in [9.17, 15) is 4.79 Å². The molecule has 2 aliphatic rings. The number of aromatic nitrogens is 1. The van der Waals surface area contributed by atoms with Crippen molar-refractivity contribution in [1.82, 2.24) is 9.88 Å². The van der Waals surface area contributed by atoms with Crippen LogP contribution in [0.3, 0.4) is 0 Å². The molecule has 3 rings (SSSR count). The van der Waals surface area contributed by atoms with Crippen LogP contribution in [0.1, 0.15) is 18.4 Å². The molecule has 0 atom stereocenters. The smallest absolute Gasteiger partial charge is 0.321 e. The van der Waals surface area contributed by atoms with E-state index in [1.165, 1.54) is 7.11 Å². The van der Waals surface area contributed by atoms with Crippen LogP contribution in [0.15, 0.2) is 12.3 Å². The van der Waals surface area contributed by atoms with E-state index in [2.05, 4.69) is 10.3 Å². The van der Waals surface area contributed by atoms with Crippen LogP contribution < -0.4 is 10.1 Å². The maximum atomic E-state index is 12.4. The predicted molar refractivity (Wildman–Crippen MR) is 80.0 cm³/mol. The van der Waals surface area contributed by atoms with Gasteiger partial charge in [0.2, 0.25) is 5.88 Å². The van der Waals surface area contributed by atoms with E-state index in [1.807, 2.05) is 13.0 Å². The number of pyridine rings is 1. The molecule has 2 fully saturated rings. The van der Waals surface area contributed by atoms with Gasteiger partial charge in [0.05, 0.1) is 20.3 Å². The second kappa shape index (κ2) is 6.10. The summed E-state index contributed by atoms with van der Waals surface area (Å²) in [5.41, 5.74) is 1.54. The molecular weight excluding hydrogens is 286 g/mol. The number of hydrogen-bond donors (Lipinski definition) is 1. The van der Waals surface area contributed by atoms with Crippen molar-refractivity contribution in [1.29, 1.82) is 0 Å². The summed E-state index contributed by atoms with van der Waals surface area (Å²) in [4.78, 5) is 18.3. The Hall–Kier alpha value is -1.86. The molecule has 1 spiro atoms. The maximum absolute atomic E-state index is 12.4. The van der Waals surface area contributed by atoms with Gasteiger partial charge in [-0.1, -0.05) is 0 Å². The van der Waals surface area contributed by atoms with Gasteiger partial charge in [-0.3, -0.25) is 0 Å². The number of carbonyl (C=O) groups is 1. The lowest BCUT2D eigenvalue weighted by molar-refractivity contribution is -0.181. The van der Waals surface area contributed by atoms with Gasteiger partial charge >= 0.3 is 6.03 Å². The Kier molecular flexibility index (Phi) is 4.17. The number of nitrogens with zero attached hydrogens (tertiary/aromatic N) is 2. The standard InChI is InChI=1S/C15H21N3O4/c1-11-9-12(13(20-2)16-10-11)17-14(19)18-5-3-15(4-6-18)21-7-8-22-15/h9-10H,3-8H2,1-2H3,(H,17,19). The summed E-state index contributed by atoms with van der Waals surface area (Å²) in [6.07, 6.45) is 3.10. The SMILES string of the molecule is COc1ncc(C)cc1NC(=O)N1CCC2(CC1)OCCO2. The van der Waals surface area contributed by atoms with Gasteiger partial charge in [-0.25, -0.2) is 9.78 Å². The molecule has 3 heterocycles. The molecule has 7 nitrogen and oxygen atoms in total. The van der Waals surface area contributed by atoms with Gasteiger partial charge in [-0.15, -0.1) is 0 Å². The second-order valence-corrected chi connectivity index (χ2v) is 5.59. The number of piperidine rings is 1. The van der Waals surface area contributed by atoms with Crippen LogP contribution in [0.2, 0.25) is 0 Å². The zero-order valence-electron chi connectivity index (χ0n) is 12.9. The number of amides is 2. The van der Waals surface area contributed by atoms with Gasteiger partial charge < -0.3 is 24.4 Å². The van der Waals surface area contributed by atoms with Crippen LogP contribution >= 0.6 is 0 Å². The summed E-state index contributed by atoms with van der Waals surface area (Å²) in [6, 6.07) is 1.69. The highest BCUT2D eigenvalue weighted by atomic mass is 16.7. The van der Waals surface area contributed by atoms with Crippen molar-refractivity contribution in [2.75, 3.05) is 38.7 Å². The minimum absolute atomic E-state index is 0.154. The molecule has 0 aliphatic carbocycles. The summed E-state index contributed by atoms with van der Waals surface area (Å²) < 4.78 is 16.5. The van der Waals surface area contributed by atoms with Crippen molar-refractivity contribution in [3.05, 3.63) is 17.8 Å². The molecule has 1 aromatic heterocycles. The van der Waals surface area contributed by atoms with Crippen LogP contribution in [0, 0.1) is 6.92 Å². The van der Waals surface area contributed by atoms with Crippen molar-refractivity contribution in [3.63, 3.8) is 0 Å². The van der Waals surface area contributed by atoms with Crippen LogP contribution in [-0.2, 0) is 9.47 Å². The van der Waals surface area contributed by atoms with Crippen LogP contribution in [-0.4, -0.2) is 55.1 Å². The normalized spacial score (nSPS) is 20.2. The molecular formula is C15H21N3O4. The third-order valence-corrected chi connectivity index (χ3v) is 4.05. The maximum Gasteiger partial charge on any atom is 0.321 e. The van der Waals surface area contributed by atoms with Crippen LogP contribution in [0.4, 0.5) is 10.5 Å². The second-order valence-electron chi connectivity index (χ2n) is 5.59. The van der Waals surface area contributed by atoms with Gasteiger partial charge in [0.15, 0.2) is 5.79 Å². The van der Waals surface area contributed by atoms with E-state index in [0.29, 0.717) is 50.7 Å². The highest BCUT2D eigenvalue weighted by Gasteiger charge is 2.40. The molecule has 2 aliphatic heterocycles. The number of rotatable bonds is 2. The van der Waals surface area contributed by atoms with Crippen molar-refractivity contribution in [3.8, 4) is 5.88 Å². The Labute approximate surface area is 129 Å². The Morgan fingerprint density at radius 3 is 2.68 bits per heavy atom. The third kappa shape index (κ3) is 3.00. The zero-order valence-corrected chi connectivity index (χ0v) is 12.9. The molecule has 1 N–H and O–H groups in total. The monoisotopic (exact) mass is 307 g/mol. The molecule has 2 amide bonds. The fourth-order valence-corrected chi connectivity index (χ4v) is 2.84. The van der Waals surface area contributed by atoms with E-state index in [1.54, 1.807) is 11.1 Å². The Morgan fingerprint density at radius 2 is 2.05 bits per heavy atom. The molecule has 22 heavy (non-hydrogen) atoms. The number of anilines is 1.